The fourth-order valence-corrected chi connectivity index (χ4v) is 6.16. The van der Waals surface area contributed by atoms with Crippen LogP contribution in [0.2, 0.25) is 0 Å². The van der Waals surface area contributed by atoms with Gasteiger partial charge in [-0.25, -0.2) is 4.98 Å². The van der Waals surface area contributed by atoms with E-state index >= 15 is 0 Å². The molecule has 0 unspecified atom stereocenters. The Hall–Kier alpha value is -2.72. The van der Waals surface area contributed by atoms with E-state index in [-0.39, 0.29) is 23.7 Å². The van der Waals surface area contributed by atoms with Gasteiger partial charge in [0, 0.05) is 56.6 Å². The number of carbonyl (C=O) groups is 1. The Kier molecular flexibility index (Phi) is 7.64. The molecule has 3 fully saturated rings. The molecular formula is C28H36F3N5O2. The zero-order valence-corrected chi connectivity index (χ0v) is 21.8. The van der Waals surface area contributed by atoms with Crippen molar-refractivity contribution in [1.29, 1.82) is 0 Å². The van der Waals surface area contributed by atoms with Gasteiger partial charge < -0.3 is 20.2 Å². The van der Waals surface area contributed by atoms with E-state index in [1.807, 2.05) is 24.0 Å². The quantitative estimate of drug-likeness (QED) is 0.606. The van der Waals surface area contributed by atoms with Crippen LogP contribution in [-0.4, -0.2) is 64.1 Å². The third-order valence-electron chi connectivity index (χ3n) is 8.41. The third kappa shape index (κ3) is 5.81. The predicted octanol–water partition coefficient (Wildman–Crippen LogP) is 4.04. The molecule has 10 heteroatoms. The maximum Gasteiger partial charge on any atom is 0.419 e. The molecule has 0 bridgehead atoms. The Morgan fingerprint density at radius 1 is 1.03 bits per heavy atom. The Morgan fingerprint density at radius 2 is 1.76 bits per heavy atom. The minimum Gasteiger partial charge on any atom is -0.384 e. The molecule has 2 N–H and O–H groups in total. The average Bonchev–Trinajstić information content (AvgIpc) is 3.38. The second kappa shape index (κ2) is 10.8. The SMILES string of the molecule is Cc1ccc(C2(O)CCC(N[C@H]3CCN(C(=O)C4CCN(c5ncccc5C(F)(F)F)CC4)C3)CC2)nc1. The number of amides is 1. The number of pyridine rings is 2. The molecule has 1 atom stereocenters. The van der Waals surface area contributed by atoms with Crippen molar-refractivity contribution in [2.24, 2.45) is 5.92 Å². The van der Waals surface area contributed by atoms with Crippen molar-refractivity contribution in [1.82, 2.24) is 20.2 Å². The van der Waals surface area contributed by atoms with Gasteiger partial charge in [0.1, 0.15) is 11.4 Å². The van der Waals surface area contributed by atoms with E-state index in [0.29, 0.717) is 57.9 Å². The van der Waals surface area contributed by atoms with Crippen molar-refractivity contribution in [2.75, 3.05) is 31.1 Å². The number of halogens is 3. The maximum atomic E-state index is 13.4. The molecule has 0 spiro atoms. The number of nitrogens with zero attached hydrogens (tertiary/aromatic N) is 4. The van der Waals surface area contributed by atoms with Crippen LogP contribution in [0.1, 0.15) is 61.8 Å². The zero-order valence-electron chi connectivity index (χ0n) is 21.8. The molecule has 206 valence electrons. The van der Waals surface area contributed by atoms with Crippen LogP contribution in [0, 0.1) is 12.8 Å². The number of likely N-dealkylation sites (tertiary alicyclic amines) is 1. The van der Waals surface area contributed by atoms with Crippen molar-refractivity contribution in [3.8, 4) is 0 Å². The highest BCUT2D eigenvalue weighted by molar-refractivity contribution is 5.79. The lowest BCUT2D eigenvalue weighted by molar-refractivity contribution is -0.138. The number of aromatic nitrogens is 2. The Morgan fingerprint density at radius 3 is 2.42 bits per heavy atom. The summed E-state index contributed by atoms with van der Waals surface area (Å²) in [5.41, 5.74) is 0.203. The van der Waals surface area contributed by atoms with Crippen molar-refractivity contribution in [3.63, 3.8) is 0 Å². The van der Waals surface area contributed by atoms with Crippen LogP contribution in [0.5, 0.6) is 0 Å². The van der Waals surface area contributed by atoms with Crippen molar-refractivity contribution >= 4 is 11.7 Å². The maximum absolute atomic E-state index is 13.4. The summed E-state index contributed by atoms with van der Waals surface area (Å²) >= 11 is 0. The molecule has 1 saturated carbocycles. The van der Waals surface area contributed by atoms with Gasteiger partial charge >= 0.3 is 6.18 Å². The number of hydrogen-bond acceptors (Lipinski definition) is 6. The van der Waals surface area contributed by atoms with Crippen LogP contribution in [0.4, 0.5) is 19.0 Å². The van der Waals surface area contributed by atoms with Gasteiger partial charge in [0.25, 0.3) is 0 Å². The average molecular weight is 532 g/mol. The summed E-state index contributed by atoms with van der Waals surface area (Å²) in [6, 6.07) is 6.77. The van der Waals surface area contributed by atoms with Gasteiger partial charge in [0.15, 0.2) is 0 Å². The lowest BCUT2D eigenvalue weighted by atomic mass is 9.79. The van der Waals surface area contributed by atoms with Crippen LogP contribution in [-0.2, 0) is 16.6 Å². The number of anilines is 1. The van der Waals surface area contributed by atoms with Gasteiger partial charge in [-0.15, -0.1) is 0 Å². The van der Waals surface area contributed by atoms with E-state index in [4.69, 9.17) is 0 Å². The fraction of sp³-hybridized carbons (Fsp3) is 0.607. The number of nitrogens with one attached hydrogen (secondary N) is 1. The summed E-state index contributed by atoms with van der Waals surface area (Å²) in [6.45, 7) is 4.09. The first-order chi connectivity index (χ1) is 18.1. The number of alkyl halides is 3. The molecule has 2 saturated heterocycles. The first-order valence-corrected chi connectivity index (χ1v) is 13.6. The van der Waals surface area contributed by atoms with Crippen LogP contribution < -0.4 is 10.2 Å². The van der Waals surface area contributed by atoms with Crippen LogP contribution in [0.25, 0.3) is 0 Å². The highest BCUT2D eigenvalue weighted by Gasteiger charge is 2.40. The minimum absolute atomic E-state index is 0.0473. The fourth-order valence-electron chi connectivity index (χ4n) is 6.16. The number of hydrogen-bond donors (Lipinski definition) is 2. The van der Waals surface area contributed by atoms with E-state index < -0.39 is 17.3 Å². The second-order valence-corrected chi connectivity index (χ2v) is 11.1. The number of piperidine rings is 1. The van der Waals surface area contributed by atoms with Gasteiger partial charge in [0.2, 0.25) is 5.91 Å². The normalized spacial score (nSPS) is 27.1. The molecule has 2 aromatic rings. The Labute approximate surface area is 221 Å². The molecule has 0 radical (unpaired) electrons. The molecule has 0 aromatic carbocycles. The molecule has 1 amide bonds. The van der Waals surface area contributed by atoms with Gasteiger partial charge in [-0.05, 0) is 75.6 Å². The summed E-state index contributed by atoms with van der Waals surface area (Å²) < 4.78 is 40.2. The van der Waals surface area contributed by atoms with Crippen LogP contribution in [0.15, 0.2) is 36.7 Å². The van der Waals surface area contributed by atoms with Gasteiger partial charge in [-0.1, -0.05) is 6.07 Å². The van der Waals surface area contributed by atoms with Gasteiger partial charge in [-0.2, -0.15) is 13.2 Å². The Balaban J connectivity index is 1.09. The van der Waals surface area contributed by atoms with Gasteiger partial charge in [0.05, 0.1) is 11.3 Å². The molecule has 5 rings (SSSR count). The van der Waals surface area contributed by atoms with Crippen molar-refractivity contribution < 1.29 is 23.1 Å². The number of aryl methyl sites for hydroxylation is 1. The molecular weight excluding hydrogens is 495 g/mol. The molecule has 3 aliphatic rings. The van der Waals surface area contributed by atoms with Crippen molar-refractivity contribution in [2.45, 2.75) is 75.7 Å². The number of rotatable bonds is 5. The van der Waals surface area contributed by atoms with E-state index in [1.54, 1.807) is 11.1 Å². The molecule has 4 heterocycles. The summed E-state index contributed by atoms with van der Waals surface area (Å²) in [4.78, 5) is 25.2. The molecule has 7 nitrogen and oxygen atoms in total. The highest BCUT2D eigenvalue weighted by atomic mass is 19.4. The number of aliphatic hydroxyl groups is 1. The summed E-state index contributed by atoms with van der Waals surface area (Å²) in [6.07, 6.45) is 3.66. The molecule has 1 aliphatic carbocycles. The van der Waals surface area contributed by atoms with Crippen LogP contribution >= 0.6 is 0 Å². The van der Waals surface area contributed by atoms with Crippen LogP contribution in [0.3, 0.4) is 0 Å². The predicted molar refractivity (Wildman–Crippen MR) is 137 cm³/mol. The zero-order chi connectivity index (χ0) is 26.9. The monoisotopic (exact) mass is 531 g/mol. The lowest BCUT2D eigenvalue weighted by Gasteiger charge is -2.37. The van der Waals surface area contributed by atoms with Crippen molar-refractivity contribution in [3.05, 3.63) is 53.5 Å². The Bertz CT molecular complexity index is 1110. The van der Waals surface area contributed by atoms with E-state index in [0.717, 1.165) is 36.6 Å². The highest BCUT2D eigenvalue weighted by Crippen LogP contribution is 2.38. The summed E-state index contributed by atoms with van der Waals surface area (Å²) in [5.74, 6) is -0.113. The largest absolute Gasteiger partial charge is 0.419 e. The van der Waals surface area contributed by atoms with E-state index in [2.05, 4.69) is 15.3 Å². The number of carbonyl (C=O) groups excluding carboxylic acids is 1. The first-order valence-electron chi connectivity index (χ1n) is 13.6. The standard InChI is InChI=1S/C28H36F3N5O2/c1-19-4-5-24(33-17-19)27(38)11-6-21(7-12-27)34-22-10-16-36(18-22)26(37)20-8-14-35(15-9-20)25-23(28(29,30)31)3-2-13-32-25/h2-5,13,17,20-22,34,38H,6-12,14-16,18H2,1H3/t21?,22-,27?/m0/s1. The molecule has 2 aromatic heterocycles. The summed E-state index contributed by atoms with van der Waals surface area (Å²) in [7, 11) is 0. The second-order valence-electron chi connectivity index (χ2n) is 11.1. The molecule has 38 heavy (non-hydrogen) atoms. The van der Waals surface area contributed by atoms with E-state index in [9.17, 15) is 23.1 Å². The lowest BCUT2D eigenvalue weighted by Crippen LogP contribution is -2.46. The smallest absolute Gasteiger partial charge is 0.384 e. The van der Waals surface area contributed by atoms with E-state index in [1.165, 1.54) is 12.3 Å². The third-order valence-corrected chi connectivity index (χ3v) is 8.41. The molecule has 2 aliphatic heterocycles. The topological polar surface area (TPSA) is 81.6 Å². The first kappa shape index (κ1) is 26.9. The minimum atomic E-state index is -4.46. The summed E-state index contributed by atoms with van der Waals surface area (Å²) in [5, 5.41) is 14.8. The van der Waals surface area contributed by atoms with Gasteiger partial charge in [-0.3, -0.25) is 9.78 Å².